The van der Waals surface area contributed by atoms with Gasteiger partial charge in [0.25, 0.3) is 5.91 Å². The lowest BCUT2D eigenvalue weighted by atomic mass is 9.97. The molecule has 0 saturated carbocycles. The minimum Gasteiger partial charge on any atom is -0.394 e. The van der Waals surface area contributed by atoms with Crippen molar-refractivity contribution >= 4 is 14.5 Å². The van der Waals surface area contributed by atoms with Crippen molar-refractivity contribution in [3.63, 3.8) is 0 Å². The van der Waals surface area contributed by atoms with E-state index in [0.717, 1.165) is 41.5 Å². The van der Waals surface area contributed by atoms with Crippen LogP contribution >= 0.6 is 8.58 Å². The molecule has 0 fully saturated rings. The normalized spacial score (nSPS) is 29.9. The molecule has 1 amide bonds. The highest BCUT2D eigenvalue weighted by Gasteiger charge is 2.29. The highest BCUT2D eigenvalue weighted by Crippen LogP contribution is 2.44. The summed E-state index contributed by atoms with van der Waals surface area (Å²) in [4.78, 5) is 14.7. The molecule has 4 rings (SSSR count). The van der Waals surface area contributed by atoms with Gasteiger partial charge in [-0.2, -0.15) is 0 Å². The molecule has 0 bridgehead atoms. The number of carbonyl (C=O) groups excluding carboxylic acids is 1. The van der Waals surface area contributed by atoms with Gasteiger partial charge in [-0.25, -0.2) is 0 Å². The molecule has 0 aromatic rings. The monoisotopic (exact) mass is 380 g/mol. The average molecular weight is 380 g/mol. The number of hydrogen-bond acceptors (Lipinski definition) is 4. The Bertz CT molecular complexity index is 859. The van der Waals surface area contributed by atoms with Crippen molar-refractivity contribution in [2.24, 2.45) is 5.73 Å². The molecule has 3 heterocycles. The molecule has 4 N–H and O–H groups in total. The zero-order valence-corrected chi connectivity index (χ0v) is 16.4. The molecule has 0 saturated heterocycles. The van der Waals surface area contributed by atoms with Gasteiger partial charge in [0.1, 0.15) is 0 Å². The van der Waals surface area contributed by atoms with Crippen molar-refractivity contribution < 1.29 is 4.79 Å². The largest absolute Gasteiger partial charge is 0.394 e. The van der Waals surface area contributed by atoms with Gasteiger partial charge < -0.3 is 21.3 Å². The van der Waals surface area contributed by atoms with Crippen molar-refractivity contribution in [2.75, 3.05) is 20.1 Å². The van der Waals surface area contributed by atoms with E-state index < -0.39 is 0 Å². The van der Waals surface area contributed by atoms with Crippen LogP contribution in [0.2, 0.25) is 0 Å². The molecule has 4 aliphatic rings. The summed E-state index contributed by atoms with van der Waals surface area (Å²) in [5, 5.41) is 7.46. The zero-order valence-electron chi connectivity index (χ0n) is 15.4. The van der Waals surface area contributed by atoms with Crippen molar-refractivity contribution in [1.82, 2.24) is 15.5 Å². The summed E-state index contributed by atoms with van der Waals surface area (Å²) in [5.41, 5.74) is 10.7. The maximum absolute atomic E-state index is 12.8. The lowest BCUT2D eigenvalue weighted by molar-refractivity contribution is -0.123. The maximum atomic E-state index is 12.8. The molecule has 3 unspecified atom stereocenters. The third kappa shape index (κ3) is 3.77. The summed E-state index contributed by atoms with van der Waals surface area (Å²) in [5.74, 6) is 0.152. The first kappa shape index (κ1) is 18.2. The quantitative estimate of drug-likeness (QED) is 0.655. The van der Waals surface area contributed by atoms with E-state index in [2.05, 4.69) is 34.9 Å². The number of rotatable bonds is 3. The van der Waals surface area contributed by atoms with Gasteiger partial charge in [-0.1, -0.05) is 39.0 Å². The zero-order chi connectivity index (χ0) is 18.8. The fourth-order valence-electron chi connectivity index (χ4n) is 3.63. The molecule has 3 aliphatic heterocycles. The van der Waals surface area contributed by atoms with Crippen LogP contribution in [-0.2, 0) is 4.79 Å². The van der Waals surface area contributed by atoms with Gasteiger partial charge >= 0.3 is 0 Å². The molecule has 0 radical (unpaired) electrons. The van der Waals surface area contributed by atoms with Crippen LogP contribution in [0.3, 0.4) is 0 Å². The van der Waals surface area contributed by atoms with Crippen LogP contribution in [0.1, 0.15) is 6.42 Å². The number of nitrogens with zero attached hydrogens (tertiary/aromatic N) is 1. The van der Waals surface area contributed by atoms with Gasteiger partial charge in [0.15, 0.2) is 0 Å². The highest BCUT2D eigenvalue weighted by molar-refractivity contribution is 7.44. The first-order valence-electron chi connectivity index (χ1n) is 9.29. The van der Waals surface area contributed by atoms with E-state index >= 15 is 0 Å². The Kier molecular flexibility index (Phi) is 5.26. The van der Waals surface area contributed by atoms with E-state index in [-0.39, 0.29) is 17.7 Å². The second kappa shape index (κ2) is 7.81. The Morgan fingerprint density at radius 1 is 1.30 bits per heavy atom. The number of hydrogen-bond donors (Lipinski definition) is 3. The Morgan fingerprint density at radius 2 is 2.15 bits per heavy atom. The molecule has 5 nitrogen and oxygen atoms in total. The molecule has 0 spiro atoms. The smallest absolute Gasteiger partial charge is 0.252 e. The topological polar surface area (TPSA) is 70.4 Å². The predicted octanol–water partition coefficient (Wildman–Crippen LogP) is 2.02. The van der Waals surface area contributed by atoms with Crippen LogP contribution in [0.15, 0.2) is 82.5 Å². The van der Waals surface area contributed by atoms with Crippen molar-refractivity contribution in [3.05, 3.63) is 82.5 Å². The lowest BCUT2D eigenvalue weighted by Crippen LogP contribution is -2.36. The molecular weight excluding hydrogens is 355 g/mol. The second-order valence-electron chi connectivity index (χ2n) is 6.94. The summed E-state index contributed by atoms with van der Waals surface area (Å²) >= 11 is 0. The molecule has 3 atom stereocenters. The number of allylic oxidation sites excluding steroid dienone is 5. The summed E-state index contributed by atoms with van der Waals surface area (Å²) in [6.45, 7) is 1.89. The van der Waals surface area contributed by atoms with Gasteiger partial charge in [0.05, 0.1) is 5.78 Å². The van der Waals surface area contributed by atoms with E-state index in [1.165, 1.54) is 5.57 Å². The minimum absolute atomic E-state index is 0.0495. The molecular formula is C21H25N4OP. The third-order valence-electron chi connectivity index (χ3n) is 5.11. The summed E-state index contributed by atoms with van der Waals surface area (Å²) in [6.07, 6.45) is 19.4. The fourth-order valence-corrected chi connectivity index (χ4v) is 5.01. The van der Waals surface area contributed by atoms with Gasteiger partial charge in [0.2, 0.25) is 0 Å². The predicted molar refractivity (Wildman–Crippen MR) is 112 cm³/mol. The van der Waals surface area contributed by atoms with E-state index in [1.807, 2.05) is 36.5 Å². The van der Waals surface area contributed by atoms with E-state index in [1.54, 1.807) is 6.08 Å². The van der Waals surface area contributed by atoms with E-state index in [4.69, 9.17) is 5.73 Å². The highest BCUT2D eigenvalue weighted by atomic mass is 31.1. The van der Waals surface area contributed by atoms with Crippen LogP contribution in [-0.4, -0.2) is 42.8 Å². The summed E-state index contributed by atoms with van der Waals surface area (Å²) in [7, 11) is 2.38. The van der Waals surface area contributed by atoms with Crippen molar-refractivity contribution in [2.45, 2.75) is 18.2 Å². The summed E-state index contributed by atoms with van der Waals surface area (Å²) < 4.78 is 0. The first-order chi connectivity index (χ1) is 13.2. The molecule has 1 aliphatic carbocycles. The SMILES string of the molecule is CN/C=C1/C=C(C2=CC(=O)N3C=C(C4=CCNCC4)C=CC3P2)C=CC1N. The Labute approximate surface area is 161 Å². The molecule has 27 heavy (non-hydrogen) atoms. The van der Waals surface area contributed by atoms with E-state index in [0.29, 0.717) is 8.58 Å². The number of carbonyl (C=O) groups is 1. The van der Waals surface area contributed by atoms with Crippen LogP contribution < -0.4 is 16.4 Å². The van der Waals surface area contributed by atoms with Crippen LogP contribution in [0.4, 0.5) is 0 Å². The van der Waals surface area contributed by atoms with E-state index in [9.17, 15) is 4.79 Å². The first-order valence-corrected chi connectivity index (χ1v) is 10.4. The van der Waals surface area contributed by atoms with Crippen molar-refractivity contribution in [1.29, 1.82) is 0 Å². The summed E-state index contributed by atoms with van der Waals surface area (Å²) in [6, 6.07) is -0.112. The minimum atomic E-state index is -0.112. The van der Waals surface area contributed by atoms with Gasteiger partial charge in [0, 0.05) is 38.1 Å². The third-order valence-corrected chi connectivity index (χ3v) is 6.62. The lowest BCUT2D eigenvalue weighted by Gasteiger charge is -2.35. The molecule has 0 aromatic heterocycles. The average Bonchev–Trinajstić information content (AvgIpc) is 2.70. The Hall–Kier alpha value is -2.20. The van der Waals surface area contributed by atoms with Crippen LogP contribution in [0.25, 0.3) is 0 Å². The van der Waals surface area contributed by atoms with Crippen LogP contribution in [0.5, 0.6) is 0 Å². The Balaban J connectivity index is 1.58. The number of nitrogens with two attached hydrogens (primary N) is 1. The van der Waals surface area contributed by atoms with Gasteiger partial charge in [-0.05, 0) is 46.6 Å². The number of nitrogens with one attached hydrogen (secondary N) is 2. The van der Waals surface area contributed by atoms with Gasteiger partial charge in [-0.3, -0.25) is 4.79 Å². The van der Waals surface area contributed by atoms with Crippen molar-refractivity contribution in [3.8, 4) is 0 Å². The molecule has 0 aromatic carbocycles. The van der Waals surface area contributed by atoms with Crippen LogP contribution in [0, 0.1) is 0 Å². The second-order valence-corrected chi connectivity index (χ2v) is 8.36. The number of fused-ring (bicyclic) bond motifs is 1. The molecule has 140 valence electrons. The fraction of sp³-hybridized carbons (Fsp3) is 0.286. The number of amides is 1. The maximum Gasteiger partial charge on any atom is 0.252 e. The Morgan fingerprint density at radius 3 is 2.93 bits per heavy atom. The van der Waals surface area contributed by atoms with Gasteiger partial charge in [-0.15, -0.1) is 0 Å². The molecule has 6 heteroatoms. The standard InChI is InChI=1S/C21H25N4OP/c1-23-12-17-10-15(2-4-18(17)22)19-11-20(26)25-13-16(3-5-21(25)27-19)14-6-8-24-9-7-14/h2-6,10-13,18,21,23-24,27H,7-9,22H2,1H3/b17-12-.